The van der Waals surface area contributed by atoms with Crippen molar-refractivity contribution in [3.05, 3.63) is 200 Å². The molecule has 228 valence electrons. The molecule has 0 aromatic heterocycles. The molecule has 0 aliphatic carbocycles. The van der Waals surface area contributed by atoms with E-state index < -0.39 is 0 Å². The van der Waals surface area contributed by atoms with Crippen LogP contribution in [-0.4, -0.2) is 29.9 Å². The van der Waals surface area contributed by atoms with Gasteiger partial charge in [0, 0.05) is 18.7 Å². The Bertz CT molecular complexity index is 1600. The smallest absolute Gasteiger partial charge is 0.103 e. The molecule has 0 spiro atoms. The minimum atomic E-state index is 0.312. The van der Waals surface area contributed by atoms with Gasteiger partial charge in [0.25, 0.3) is 0 Å². The molecule has 1 aromatic carbocycles. The standard InChI is InChI=1S/C43H46N2/c1-9-14-23-33(6)34(7)27-28-35(8)36(21-10-2)24-17-15-16-18-25-37(22-11-3)40-29-30-41(39(13-5)38(40)12-4)42-32-45-31-20-19-26-43(45)44-42/h9-18,21-25,27-30,43H,1-8,19-20,26,31-32H2/b16-15-,23-14-,24-17+,25-18+,28-27-,36-21-,37-22-. The molecule has 0 bridgehead atoms. The lowest BCUT2D eigenvalue weighted by Gasteiger charge is -2.27. The molecular weight excluding hydrogens is 544 g/mol. The Hall–Kier alpha value is -5.05. The van der Waals surface area contributed by atoms with E-state index in [0.717, 1.165) is 75.3 Å². The second-order valence-electron chi connectivity index (χ2n) is 10.7. The van der Waals surface area contributed by atoms with E-state index in [1.165, 1.54) is 12.8 Å². The molecule has 2 heterocycles. The van der Waals surface area contributed by atoms with Crippen molar-refractivity contribution in [2.75, 3.05) is 13.1 Å². The monoisotopic (exact) mass is 590 g/mol. The zero-order chi connectivity index (χ0) is 32.6. The van der Waals surface area contributed by atoms with Crippen molar-refractivity contribution in [1.82, 2.24) is 4.90 Å². The summed E-state index contributed by atoms with van der Waals surface area (Å²) >= 11 is 0. The van der Waals surface area contributed by atoms with Gasteiger partial charge >= 0.3 is 0 Å². The molecule has 2 aliphatic heterocycles. The van der Waals surface area contributed by atoms with Gasteiger partial charge in [0.15, 0.2) is 0 Å². The average molecular weight is 591 g/mol. The molecule has 1 saturated heterocycles. The van der Waals surface area contributed by atoms with E-state index >= 15 is 0 Å². The van der Waals surface area contributed by atoms with Gasteiger partial charge in [0.05, 0.1) is 5.71 Å². The summed E-state index contributed by atoms with van der Waals surface area (Å²) in [6, 6.07) is 4.34. The minimum Gasteiger partial charge on any atom is -0.276 e. The number of piperidine rings is 1. The van der Waals surface area contributed by atoms with Crippen molar-refractivity contribution in [2.24, 2.45) is 4.99 Å². The number of benzene rings is 1. The summed E-state index contributed by atoms with van der Waals surface area (Å²) in [4.78, 5) is 7.58. The Balaban J connectivity index is 1.76. The zero-order valence-corrected chi connectivity index (χ0v) is 26.6. The van der Waals surface area contributed by atoms with Crippen LogP contribution in [0.25, 0.3) is 17.7 Å². The summed E-state index contributed by atoms with van der Waals surface area (Å²) in [5, 5.41) is 0. The van der Waals surface area contributed by atoms with Crippen molar-refractivity contribution in [3.8, 4) is 0 Å². The van der Waals surface area contributed by atoms with Gasteiger partial charge in [-0.2, -0.15) is 0 Å². The fourth-order valence-corrected chi connectivity index (χ4v) is 5.35. The highest BCUT2D eigenvalue weighted by atomic mass is 15.3. The predicted molar refractivity (Wildman–Crippen MR) is 202 cm³/mol. The maximum absolute atomic E-state index is 5.09. The maximum Gasteiger partial charge on any atom is 0.103 e. The third-order valence-corrected chi connectivity index (χ3v) is 7.74. The highest BCUT2D eigenvalue weighted by molar-refractivity contribution is 6.07. The highest BCUT2D eigenvalue weighted by Crippen LogP contribution is 2.32. The van der Waals surface area contributed by atoms with Crippen LogP contribution >= 0.6 is 0 Å². The maximum atomic E-state index is 5.09. The number of allylic oxidation sites excluding steroid dienone is 20. The summed E-state index contributed by atoms with van der Waals surface area (Å²) in [5.74, 6) is 0. The van der Waals surface area contributed by atoms with Crippen LogP contribution in [0.15, 0.2) is 183 Å². The third-order valence-electron chi connectivity index (χ3n) is 7.74. The fourth-order valence-electron chi connectivity index (χ4n) is 5.35. The molecule has 1 fully saturated rings. The number of hydrogen-bond acceptors (Lipinski definition) is 2. The van der Waals surface area contributed by atoms with E-state index in [2.05, 4.69) is 75.7 Å². The Morgan fingerprint density at radius 3 is 2.04 bits per heavy atom. The summed E-state index contributed by atoms with van der Waals surface area (Å²) in [5.41, 5.74) is 9.91. The van der Waals surface area contributed by atoms with Crippen molar-refractivity contribution in [2.45, 2.75) is 25.4 Å². The molecule has 1 unspecified atom stereocenters. The first kappa shape index (κ1) is 34.4. The predicted octanol–water partition coefficient (Wildman–Crippen LogP) is 10.9. The quantitative estimate of drug-likeness (QED) is 0.175. The molecule has 1 aromatic rings. The van der Waals surface area contributed by atoms with Gasteiger partial charge in [-0.05, 0) is 63.8 Å². The minimum absolute atomic E-state index is 0.312. The molecule has 2 heteroatoms. The van der Waals surface area contributed by atoms with E-state index in [1.807, 2.05) is 85.1 Å². The van der Waals surface area contributed by atoms with Gasteiger partial charge in [0.2, 0.25) is 0 Å². The van der Waals surface area contributed by atoms with Crippen LogP contribution in [-0.2, 0) is 0 Å². The van der Waals surface area contributed by atoms with E-state index in [-0.39, 0.29) is 0 Å². The SMILES string of the molecule is C=C/C=C\C(=C)C(=C)/C=C\C(=C)C(=C\C=C)/C=C/C=C\C=C\C(=C\C=C)c1ccc(C2=NC3CCCCN3C2)c(C=C)c1C=C. The molecule has 1 atom stereocenters. The van der Waals surface area contributed by atoms with Crippen LogP contribution in [0, 0.1) is 0 Å². The van der Waals surface area contributed by atoms with E-state index in [4.69, 9.17) is 4.99 Å². The second kappa shape index (κ2) is 17.9. The number of aliphatic imine (C=N–C) groups is 1. The van der Waals surface area contributed by atoms with Crippen LogP contribution in [0.4, 0.5) is 0 Å². The number of fused-ring (bicyclic) bond motifs is 1. The summed E-state index contributed by atoms with van der Waals surface area (Å²) in [7, 11) is 0. The first-order chi connectivity index (χ1) is 21.9. The molecule has 0 amide bonds. The zero-order valence-electron chi connectivity index (χ0n) is 26.6. The Morgan fingerprint density at radius 2 is 1.38 bits per heavy atom. The molecule has 2 aliphatic rings. The van der Waals surface area contributed by atoms with Gasteiger partial charge in [-0.15, -0.1) is 0 Å². The van der Waals surface area contributed by atoms with E-state index in [0.29, 0.717) is 6.17 Å². The highest BCUT2D eigenvalue weighted by Gasteiger charge is 2.30. The second-order valence-corrected chi connectivity index (χ2v) is 10.7. The van der Waals surface area contributed by atoms with Gasteiger partial charge in [-0.3, -0.25) is 9.89 Å². The largest absolute Gasteiger partial charge is 0.276 e. The molecule has 0 N–H and O–H groups in total. The number of hydrogen-bond donors (Lipinski definition) is 0. The third kappa shape index (κ3) is 9.47. The fraction of sp³-hybridized carbons (Fsp3) is 0.140. The number of nitrogens with zero attached hydrogens (tertiary/aromatic N) is 2. The first-order valence-corrected chi connectivity index (χ1v) is 15.3. The number of rotatable bonds is 16. The molecule has 0 saturated carbocycles. The van der Waals surface area contributed by atoms with Gasteiger partial charge in [-0.25, -0.2) is 0 Å². The van der Waals surface area contributed by atoms with Crippen molar-refractivity contribution >= 4 is 23.4 Å². The van der Waals surface area contributed by atoms with Gasteiger partial charge < -0.3 is 0 Å². The molecule has 45 heavy (non-hydrogen) atoms. The summed E-state index contributed by atoms with van der Waals surface area (Å²) < 4.78 is 0. The van der Waals surface area contributed by atoms with Crippen LogP contribution in [0.2, 0.25) is 0 Å². The van der Waals surface area contributed by atoms with Crippen molar-refractivity contribution in [3.63, 3.8) is 0 Å². The lowest BCUT2D eigenvalue weighted by Crippen LogP contribution is -2.35. The average Bonchev–Trinajstić information content (AvgIpc) is 3.49. The van der Waals surface area contributed by atoms with E-state index in [9.17, 15) is 0 Å². The Morgan fingerprint density at radius 1 is 0.689 bits per heavy atom. The van der Waals surface area contributed by atoms with Crippen LogP contribution < -0.4 is 0 Å². The lowest BCUT2D eigenvalue weighted by molar-refractivity contribution is 0.194. The molecule has 3 rings (SSSR count). The summed E-state index contributed by atoms with van der Waals surface area (Å²) in [6.45, 7) is 34.1. The Labute approximate surface area is 271 Å². The van der Waals surface area contributed by atoms with Crippen LogP contribution in [0.3, 0.4) is 0 Å². The van der Waals surface area contributed by atoms with Gasteiger partial charge in [0.1, 0.15) is 6.17 Å². The van der Waals surface area contributed by atoms with Crippen LogP contribution in [0.1, 0.15) is 41.5 Å². The summed E-state index contributed by atoms with van der Waals surface area (Å²) in [6.07, 6.45) is 36.6. The van der Waals surface area contributed by atoms with Gasteiger partial charge in [-0.1, -0.05) is 168 Å². The van der Waals surface area contributed by atoms with E-state index in [1.54, 1.807) is 12.2 Å². The molecule has 2 nitrogen and oxygen atoms in total. The lowest BCUT2D eigenvalue weighted by atomic mass is 9.89. The van der Waals surface area contributed by atoms with Crippen molar-refractivity contribution in [1.29, 1.82) is 0 Å². The normalized spacial score (nSPS) is 17.7. The topological polar surface area (TPSA) is 15.6 Å². The first-order valence-electron chi connectivity index (χ1n) is 15.3. The van der Waals surface area contributed by atoms with Crippen LogP contribution in [0.5, 0.6) is 0 Å². The van der Waals surface area contributed by atoms with Crippen molar-refractivity contribution < 1.29 is 0 Å². The molecular formula is C43H46N2. The molecule has 0 radical (unpaired) electrons. The Kier molecular flexibility index (Phi) is 13.7.